The molecule has 0 spiro atoms. The lowest BCUT2D eigenvalue weighted by atomic mass is 9.88. The zero-order valence-electron chi connectivity index (χ0n) is 27.7. The highest BCUT2D eigenvalue weighted by Gasteiger charge is 2.38. The third kappa shape index (κ3) is 6.88. The molecule has 1 unspecified atom stereocenters. The first kappa shape index (κ1) is 33.0. The van der Waals surface area contributed by atoms with Gasteiger partial charge in [0.15, 0.2) is 0 Å². The Labute approximate surface area is 265 Å². The normalized spacial score (nSPS) is 23.9. The van der Waals surface area contributed by atoms with Gasteiger partial charge in [0.2, 0.25) is 15.9 Å². The molecule has 0 N–H and O–H groups in total. The molecule has 3 aliphatic rings. The smallest absolute Gasteiger partial charge is 0.244 e. The zero-order valence-corrected chi connectivity index (χ0v) is 28.5. The van der Waals surface area contributed by atoms with Crippen molar-refractivity contribution in [2.45, 2.75) is 108 Å². The van der Waals surface area contributed by atoms with Crippen LogP contribution in [0, 0.1) is 13.8 Å². The Morgan fingerprint density at radius 3 is 2.41 bits per heavy atom. The predicted molar refractivity (Wildman–Crippen MR) is 174 cm³/mol. The van der Waals surface area contributed by atoms with Crippen LogP contribution in [0.4, 0.5) is 0 Å². The van der Waals surface area contributed by atoms with E-state index in [2.05, 4.69) is 28.2 Å². The molecule has 5 rings (SSSR count). The van der Waals surface area contributed by atoms with Gasteiger partial charge in [-0.1, -0.05) is 0 Å². The van der Waals surface area contributed by atoms with Crippen molar-refractivity contribution in [2.24, 2.45) is 0 Å². The van der Waals surface area contributed by atoms with Crippen molar-refractivity contribution in [3.63, 3.8) is 0 Å². The van der Waals surface area contributed by atoms with Gasteiger partial charge in [-0.25, -0.2) is 8.42 Å². The van der Waals surface area contributed by atoms with Crippen LogP contribution in [0.25, 0.3) is 0 Å². The molecule has 1 saturated carbocycles. The fourth-order valence-electron chi connectivity index (χ4n) is 7.84. The monoisotopic (exact) mass is 627 g/mol. The Hall–Kier alpha value is -2.40. The van der Waals surface area contributed by atoms with Gasteiger partial charge in [-0.05, 0) is 102 Å². The number of sulfonamides is 1. The number of aryl methyl sites for hydroxylation is 2. The van der Waals surface area contributed by atoms with Crippen LogP contribution < -0.4 is 4.74 Å². The van der Waals surface area contributed by atoms with Crippen LogP contribution in [0.2, 0.25) is 0 Å². The average Bonchev–Trinajstić information content (AvgIpc) is 3.49. The fourth-order valence-corrected chi connectivity index (χ4v) is 9.88. The number of carbonyl (C=O) groups excluding carboxylic acids is 1. The second-order valence-corrected chi connectivity index (χ2v) is 15.2. The summed E-state index contributed by atoms with van der Waals surface area (Å²) in [5.74, 6) is 0.825. The van der Waals surface area contributed by atoms with E-state index < -0.39 is 10.0 Å². The lowest BCUT2D eigenvalue weighted by Gasteiger charge is -2.44. The maximum atomic E-state index is 14.2. The summed E-state index contributed by atoms with van der Waals surface area (Å²) >= 11 is 0. The van der Waals surface area contributed by atoms with Crippen molar-refractivity contribution in [3.05, 3.63) is 47.3 Å². The lowest BCUT2D eigenvalue weighted by Crippen LogP contribution is -2.54. The summed E-state index contributed by atoms with van der Waals surface area (Å²) in [5, 5.41) is 0. The molecule has 0 bridgehead atoms. The Balaban J connectivity index is 1.22. The summed E-state index contributed by atoms with van der Waals surface area (Å²) in [6.45, 7) is 13.7. The molecule has 3 heterocycles. The standard InChI is InChI=1S/C34H53N5O4S/c1-25(2)36-16-18-37(19-17-36)29-11-7-10-28(24-29)35(5)33(40)14-8-12-32-31-13-9-15-38(31)20-21-39(32)44(41,42)34-26(3)22-30(43-6)23-27(34)4/h9,13,15,22-23,25,28-29,32H,7-8,10-12,14,16-21,24H2,1-6H3/t28-,29+,32?/m0/s1. The van der Waals surface area contributed by atoms with E-state index in [1.807, 2.05) is 44.1 Å². The highest BCUT2D eigenvalue weighted by Crippen LogP contribution is 2.38. The van der Waals surface area contributed by atoms with E-state index in [-0.39, 0.29) is 18.0 Å². The summed E-state index contributed by atoms with van der Waals surface area (Å²) < 4.78 is 37.6. The van der Waals surface area contributed by atoms with E-state index in [0.29, 0.717) is 66.2 Å². The van der Waals surface area contributed by atoms with Gasteiger partial charge in [-0.2, -0.15) is 4.31 Å². The Morgan fingerprint density at radius 1 is 1.05 bits per heavy atom. The fraction of sp³-hybridized carbons (Fsp3) is 0.676. The molecule has 3 atom stereocenters. The first-order chi connectivity index (χ1) is 21.0. The highest BCUT2D eigenvalue weighted by molar-refractivity contribution is 7.89. The molecule has 1 aromatic heterocycles. The van der Waals surface area contributed by atoms with Crippen LogP contribution in [0.5, 0.6) is 5.75 Å². The largest absolute Gasteiger partial charge is 0.497 e. The number of carbonyl (C=O) groups is 1. The maximum absolute atomic E-state index is 14.2. The van der Waals surface area contributed by atoms with Crippen molar-refractivity contribution in [1.29, 1.82) is 0 Å². The number of ether oxygens (including phenoxy) is 1. The van der Waals surface area contributed by atoms with E-state index in [4.69, 9.17) is 4.74 Å². The number of aromatic nitrogens is 1. The summed E-state index contributed by atoms with van der Waals surface area (Å²) in [6.07, 6.45) is 8.18. The van der Waals surface area contributed by atoms with Gasteiger partial charge in [0.05, 0.1) is 18.0 Å². The van der Waals surface area contributed by atoms with Gasteiger partial charge >= 0.3 is 0 Å². The van der Waals surface area contributed by atoms with Gasteiger partial charge in [0.1, 0.15) is 5.75 Å². The molecule has 1 saturated heterocycles. The van der Waals surface area contributed by atoms with E-state index in [0.717, 1.165) is 51.1 Å². The number of benzene rings is 1. The average molecular weight is 628 g/mol. The quantitative estimate of drug-likeness (QED) is 0.376. The molecular formula is C34H53N5O4S. The minimum absolute atomic E-state index is 0.169. The van der Waals surface area contributed by atoms with Crippen LogP contribution >= 0.6 is 0 Å². The van der Waals surface area contributed by atoms with Gasteiger partial charge in [0, 0.05) is 82.8 Å². The van der Waals surface area contributed by atoms with Gasteiger partial charge < -0.3 is 14.2 Å². The Kier molecular flexibility index (Phi) is 10.4. The maximum Gasteiger partial charge on any atom is 0.244 e. The van der Waals surface area contributed by atoms with Crippen LogP contribution in [0.15, 0.2) is 35.4 Å². The van der Waals surface area contributed by atoms with Crippen molar-refractivity contribution >= 4 is 15.9 Å². The Morgan fingerprint density at radius 2 is 1.75 bits per heavy atom. The van der Waals surface area contributed by atoms with Gasteiger partial charge in [-0.15, -0.1) is 0 Å². The first-order valence-corrected chi connectivity index (χ1v) is 18.0. The van der Waals surface area contributed by atoms with E-state index in [1.165, 1.54) is 6.42 Å². The van der Waals surface area contributed by atoms with E-state index in [9.17, 15) is 13.2 Å². The molecule has 2 aromatic rings. The number of hydrogen-bond acceptors (Lipinski definition) is 6. The molecular weight excluding hydrogens is 574 g/mol. The zero-order chi connectivity index (χ0) is 31.6. The molecule has 0 radical (unpaired) electrons. The molecule has 9 nitrogen and oxygen atoms in total. The van der Waals surface area contributed by atoms with E-state index in [1.54, 1.807) is 23.5 Å². The summed E-state index contributed by atoms with van der Waals surface area (Å²) in [6, 6.07) is 8.70. The molecule has 244 valence electrons. The molecule has 1 aliphatic carbocycles. The molecule has 44 heavy (non-hydrogen) atoms. The molecule has 10 heteroatoms. The number of hydrogen-bond donors (Lipinski definition) is 0. The van der Waals surface area contributed by atoms with Crippen LogP contribution in [-0.2, 0) is 21.4 Å². The third-order valence-electron chi connectivity index (χ3n) is 10.4. The van der Waals surface area contributed by atoms with Gasteiger partial charge in [-0.3, -0.25) is 14.6 Å². The first-order valence-electron chi connectivity index (χ1n) is 16.6. The van der Waals surface area contributed by atoms with Crippen LogP contribution in [0.3, 0.4) is 0 Å². The summed E-state index contributed by atoms with van der Waals surface area (Å²) in [4.78, 5) is 21.1. The Bertz CT molecular complexity index is 1380. The number of methoxy groups -OCH3 is 1. The lowest BCUT2D eigenvalue weighted by molar-refractivity contribution is -0.133. The summed E-state index contributed by atoms with van der Waals surface area (Å²) in [7, 11) is -0.195. The predicted octanol–water partition coefficient (Wildman–Crippen LogP) is 4.83. The van der Waals surface area contributed by atoms with Crippen molar-refractivity contribution < 1.29 is 17.9 Å². The second kappa shape index (κ2) is 13.9. The topological polar surface area (TPSA) is 78.3 Å². The van der Waals surface area contributed by atoms with Crippen LogP contribution in [0.1, 0.15) is 81.7 Å². The number of nitrogens with zero attached hydrogens (tertiary/aromatic N) is 5. The molecule has 1 aromatic carbocycles. The number of amides is 1. The summed E-state index contributed by atoms with van der Waals surface area (Å²) in [5.41, 5.74) is 2.37. The second-order valence-electron chi connectivity index (χ2n) is 13.4. The SMILES string of the molecule is COc1cc(C)c(S(=O)(=O)N2CCn3cccc3C2CCCC(=O)N(C)[C@H]2CCC[C@@H](N3CCN(C(C)C)CC3)C2)c(C)c1. The van der Waals surface area contributed by atoms with Crippen LogP contribution in [-0.4, -0.2) is 103 Å². The van der Waals surface area contributed by atoms with Gasteiger partial charge in [0.25, 0.3) is 0 Å². The minimum Gasteiger partial charge on any atom is -0.497 e. The number of fused-ring (bicyclic) bond motifs is 1. The van der Waals surface area contributed by atoms with Crippen molar-refractivity contribution in [3.8, 4) is 5.75 Å². The van der Waals surface area contributed by atoms with Crippen molar-refractivity contribution in [2.75, 3.05) is 46.9 Å². The minimum atomic E-state index is -3.77. The van der Waals surface area contributed by atoms with E-state index >= 15 is 0 Å². The third-order valence-corrected chi connectivity index (χ3v) is 12.6. The number of piperazine rings is 1. The molecule has 2 fully saturated rings. The molecule has 1 amide bonds. The molecule has 2 aliphatic heterocycles. The number of rotatable bonds is 10. The highest BCUT2D eigenvalue weighted by atomic mass is 32.2. The van der Waals surface area contributed by atoms with Crippen molar-refractivity contribution in [1.82, 2.24) is 23.6 Å².